The molecule has 2 aliphatic rings. The van der Waals surface area contributed by atoms with Crippen LogP contribution in [0.4, 0.5) is 4.39 Å². The smallest absolute Gasteiger partial charge is 0.220 e. The van der Waals surface area contributed by atoms with Crippen molar-refractivity contribution in [2.75, 3.05) is 7.11 Å². The molecule has 1 aliphatic heterocycles. The number of rotatable bonds is 7. The minimum Gasteiger partial charge on any atom is -0.494 e. The Balaban J connectivity index is 1.42. The van der Waals surface area contributed by atoms with Gasteiger partial charge in [-0.3, -0.25) is 9.59 Å². The van der Waals surface area contributed by atoms with Gasteiger partial charge in [0.05, 0.1) is 13.2 Å². The number of methoxy groups -OCH3 is 1. The van der Waals surface area contributed by atoms with E-state index in [4.69, 9.17) is 4.74 Å². The van der Waals surface area contributed by atoms with Gasteiger partial charge in [0.25, 0.3) is 0 Å². The number of aryl methyl sites for hydroxylation is 1. The first-order valence-corrected chi connectivity index (χ1v) is 11.0. The highest BCUT2D eigenvalue weighted by atomic mass is 19.1. The lowest BCUT2D eigenvalue weighted by molar-refractivity contribution is -0.123. The van der Waals surface area contributed by atoms with Crippen molar-refractivity contribution in [2.45, 2.75) is 62.9 Å². The number of carbonyl (C=O) groups is 2. The van der Waals surface area contributed by atoms with Gasteiger partial charge in [-0.15, -0.1) is 0 Å². The van der Waals surface area contributed by atoms with Gasteiger partial charge in [-0.2, -0.15) is 0 Å². The number of halogens is 1. The van der Waals surface area contributed by atoms with Crippen LogP contribution in [0, 0.1) is 5.82 Å². The van der Waals surface area contributed by atoms with E-state index in [-0.39, 0.29) is 23.6 Å². The Morgan fingerprint density at radius 1 is 1.26 bits per heavy atom. The van der Waals surface area contributed by atoms with Gasteiger partial charge in [-0.05, 0) is 67.3 Å². The van der Waals surface area contributed by atoms with E-state index < -0.39 is 11.4 Å². The maximum absolute atomic E-state index is 13.8. The van der Waals surface area contributed by atoms with Crippen molar-refractivity contribution in [3.8, 4) is 5.75 Å². The van der Waals surface area contributed by atoms with Gasteiger partial charge >= 0.3 is 0 Å². The molecule has 0 aromatic heterocycles. The van der Waals surface area contributed by atoms with Crippen LogP contribution in [0.2, 0.25) is 0 Å². The summed E-state index contributed by atoms with van der Waals surface area (Å²) in [5.74, 6) is -0.233. The summed E-state index contributed by atoms with van der Waals surface area (Å²) in [7, 11) is 1.43. The van der Waals surface area contributed by atoms with Crippen molar-refractivity contribution in [3.05, 3.63) is 65.0 Å². The normalized spacial score (nSPS) is 22.5. The number of fused-ring (bicyclic) bond motifs is 1. The zero-order valence-corrected chi connectivity index (χ0v) is 17.9. The van der Waals surface area contributed by atoms with E-state index in [0.717, 1.165) is 24.8 Å². The molecule has 2 atom stereocenters. The first-order chi connectivity index (χ1) is 15.0. The third-order valence-corrected chi connectivity index (χ3v) is 6.53. The van der Waals surface area contributed by atoms with Gasteiger partial charge in [0.15, 0.2) is 11.6 Å². The van der Waals surface area contributed by atoms with E-state index in [9.17, 15) is 14.0 Å². The summed E-state index contributed by atoms with van der Waals surface area (Å²) in [6.07, 6.45) is 5.57. The molecule has 2 N–H and O–H groups in total. The highest BCUT2D eigenvalue weighted by molar-refractivity contribution is 5.80. The van der Waals surface area contributed by atoms with Gasteiger partial charge in [0.1, 0.15) is 0 Å². The summed E-state index contributed by atoms with van der Waals surface area (Å²) >= 11 is 0. The highest BCUT2D eigenvalue weighted by Crippen LogP contribution is 2.32. The predicted molar refractivity (Wildman–Crippen MR) is 116 cm³/mol. The van der Waals surface area contributed by atoms with E-state index in [1.54, 1.807) is 12.1 Å². The second-order valence-electron chi connectivity index (χ2n) is 8.69. The zero-order valence-electron chi connectivity index (χ0n) is 17.9. The molecule has 1 heterocycles. The third-order valence-electron chi connectivity index (χ3n) is 6.53. The van der Waals surface area contributed by atoms with Crippen LogP contribution in [-0.4, -0.2) is 24.5 Å². The Morgan fingerprint density at radius 2 is 2.10 bits per heavy atom. The molecule has 1 saturated heterocycles. The average Bonchev–Trinajstić information content (AvgIpc) is 3.14. The summed E-state index contributed by atoms with van der Waals surface area (Å²) < 4.78 is 18.9. The molecule has 0 radical (unpaired) electrons. The predicted octanol–water partition coefficient (Wildman–Crippen LogP) is 4.00. The molecule has 4 rings (SSSR count). The minimum absolute atomic E-state index is 0.00101. The van der Waals surface area contributed by atoms with E-state index >= 15 is 0 Å². The zero-order chi connectivity index (χ0) is 21.8. The second kappa shape index (κ2) is 9.08. The second-order valence-corrected chi connectivity index (χ2v) is 8.69. The lowest BCUT2D eigenvalue weighted by Gasteiger charge is -2.30. The lowest BCUT2D eigenvalue weighted by Crippen LogP contribution is -2.44. The molecule has 5 nitrogen and oxygen atoms in total. The van der Waals surface area contributed by atoms with Gasteiger partial charge in [0, 0.05) is 18.4 Å². The van der Waals surface area contributed by atoms with Crippen LogP contribution >= 0.6 is 0 Å². The SMILES string of the molecule is COc1cc(C[C@@]2(CCC(=O)N[C@H]3CCCc4ccccc43)CCC(=O)N2)ccc1F. The molecule has 6 heteroatoms. The topological polar surface area (TPSA) is 67.4 Å². The van der Waals surface area contributed by atoms with Crippen molar-refractivity contribution >= 4 is 11.8 Å². The average molecular weight is 425 g/mol. The third kappa shape index (κ3) is 4.89. The maximum atomic E-state index is 13.8. The van der Waals surface area contributed by atoms with Gasteiger partial charge in [-0.25, -0.2) is 4.39 Å². The molecule has 0 saturated carbocycles. The van der Waals surface area contributed by atoms with Gasteiger partial charge < -0.3 is 15.4 Å². The van der Waals surface area contributed by atoms with Crippen LogP contribution in [0.5, 0.6) is 5.75 Å². The van der Waals surface area contributed by atoms with E-state index in [1.807, 2.05) is 12.1 Å². The Kier molecular flexibility index (Phi) is 6.25. The molecule has 2 aromatic carbocycles. The fraction of sp³-hybridized carbons (Fsp3) is 0.440. The van der Waals surface area contributed by atoms with Crippen LogP contribution in [0.15, 0.2) is 42.5 Å². The number of ether oxygens (including phenoxy) is 1. The Bertz CT molecular complexity index is 977. The number of hydrogen-bond acceptors (Lipinski definition) is 3. The molecule has 164 valence electrons. The monoisotopic (exact) mass is 424 g/mol. The number of hydrogen-bond donors (Lipinski definition) is 2. The molecular weight excluding hydrogens is 395 g/mol. The lowest BCUT2D eigenvalue weighted by atomic mass is 9.84. The summed E-state index contributed by atoms with van der Waals surface area (Å²) in [6, 6.07) is 13.1. The first-order valence-electron chi connectivity index (χ1n) is 11.0. The molecule has 0 unspecified atom stereocenters. The fourth-order valence-electron chi connectivity index (χ4n) is 4.91. The molecule has 0 spiro atoms. The van der Waals surface area contributed by atoms with E-state index in [0.29, 0.717) is 32.1 Å². The summed E-state index contributed by atoms with van der Waals surface area (Å²) in [6.45, 7) is 0. The number of amides is 2. The Morgan fingerprint density at radius 3 is 2.87 bits per heavy atom. The van der Waals surface area contributed by atoms with Gasteiger partial charge in [-0.1, -0.05) is 30.3 Å². The largest absolute Gasteiger partial charge is 0.494 e. The fourth-order valence-corrected chi connectivity index (χ4v) is 4.91. The summed E-state index contributed by atoms with van der Waals surface area (Å²) in [5.41, 5.74) is 2.90. The van der Waals surface area contributed by atoms with Gasteiger partial charge in [0.2, 0.25) is 11.8 Å². The number of benzene rings is 2. The van der Waals surface area contributed by atoms with Crippen molar-refractivity contribution < 1.29 is 18.7 Å². The molecule has 2 amide bonds. The van der Waals surface area contributed by atoms with Crippen LogP contribution in [0.25, 0.3) is 0 Å². The summed E-state index contributed by atoms with van der Waals surface area (Å²) in [5, 5.41) is 6.28. The van der Waals surface area contributed by atoms with Crippen molar-refractivity contribution in [3.63, 3.8) is 0 Å². The Labute approximate surface area is 182 Å². The van der Waals surface area contributed by atoms with E-state index in [1.165, 1.54) is 24.3 Å². The number of carbonyl (C=O) groups excluding carboxylic acids is 2. The molecule has 0 bridgehead atoms. The quantitative estimate of drug-likeness (QED) is 0.706. The van der Waals surface area contributed by atoms with Crippen molar-refractivity contribution in [1.82, 2.24) is 10.6 Å². The first kappa shape index (κ1) is 21.3. The van der Waals surface area contributed by atoms with Crippen LogP contribution < -0.4 is 15.4 Å². The maximum Gasteiger partial charge on any atom is 0.220 e. The minimum atomic E-state index is -0.498. The highest BCUT2D eigenvalue weighted by Gasteiger charge is 2.38. The standard InChI is InChI=1S/C25H29FN2O3/c1-31-22-15-17(9-10-20(22)26)16-25(14-12-24(30)28-25)13-11-23(29)27-21-8-4-6-18-5-2-3-7-19(18)21/h2-3,5,7,9-10,15,21H,4,6,8,11-14,16H2,1H3,(H,27,29)(H,28,30)/t21-,25+/m0/s1. The van der Waals surface area contributed by atoms with E-state index in [2.05, 4.69) is 22.8 Å². The molecule has 31 heavy (non-hydrogen) atoms. The molecule has 2 aromatic rings. The molecular formula is C25H29FN2O3. The summed E-state index contributed by atoms with van der Waals surface area (Å²) in [4.78, 5) is 24.8. The van der Waals surface area contributed by atoms with Crippen LogP contribution in [0.1, 0.15) is 61.3 Å². The van der Waals surface area contributed by atoms with Crippen molar-refractivity contribution in [2.24, 2.45) is 0 Å². The molecule has 1 aliphatic carbocycles. The molecule has 1 fully saturated rings. The number of nitrogens with one attached hydrogen (secondary N) is 2. The van der Waals surface area contributed by atoms with Crippen molar-refractivity contribution in [1.29, 1.82) is 0 Å². The Hall–Kier alpha value is -2.89. The van der Waals surface area contributed by atoms with Crippen LogP contribution in [0.3, 0.4) is 0 Å². The van der Waals surface area contributed by atoms with Crippen LogP contribution in [-0.2, 0) is 22.4 Å².